The molecule has 0 saturated carbocycles. The Labute approximate surface area is 131 Å². The van der Waals surface area contributed by atoms with Gasteiger partial charge in [0.15, 0.2) is 15.6 Å². The molecule has 0 aliphatic rings. The van der Waals surface area contributed by atoms with Gasteiger partial charge in [-0.3, -0.25) is 4.79 Å². The number of hydrogen-bond donors (Lipinski definition) is 3. The summed E-state index contributed by atoms with van der Waals surface area (Å²) in [5.41, 5.74) is 5.83. The molecule has 22 heavy (non-hydrogen) atoms. The van der Waals surface area contributed by atoms with Gasteiger partial charge in [-0.1, -0.05) is 11.4 Å². The summed E-state index contributed by atoms with van der Waals surface area (Å²) >= 11 is 0.897. The van der Waals surface area contributed by atoms with E-state index in [4.69, 9.17) is 5.73 Å². The van der Waals surface area contributed by atoms with Crippen LogP contribution < -0.4 is 11.1 Å². The summed E-state index contributed by atoms with van der Waals surface area (Å²) in [6, 6.07) is 2.33. The number of anilines is 2. The van der Waals surface area contributed by atoms with Gasteiger partial charge >= 0.3 is 0 Å². The highest BCUT2D eigenvalue weighted by atomic mass is 32.2. The van der Waals surface area contributed by atoms with Crippen molar-refractivity contribution in [3.05, 3.63) is 22.7 Å². The summed E-state index contributed by atoms with van der Waals surface area (Å²) in [6.45, 7) is 3.10. The maximum absolute atomic E-state index is 12.1. The molecule has 1 aromatic heterocycles. The molecule has 10 heteroatoms. The first-order valence-corrected chi connectivity index (χ1v) is 8.64. The van der Waals surface area contributed by atoms with Gasteiger partial charge in [0.25, 0.3) is 5.91 Å². The van der Waals surface area contributed by atoms with E-state index in [1.54, 1.807) is 6.92 Å². The number of aromatic hydroxyl groups is 1. The van der Waals surface area contributed by atoms with Crippen molar-refractivity contribution in [2.75, 3.05) is 16.8 Å². The number of phenols is 1. The summed E-state index contributed by atoms with van der Waals surface area (Å²) in [5, 5.41) is 16.1. The Morgan fingerprint density at radius 1 is 1.45 bits per heavy atom. The van der Waals surface area contributed by atoms with Gasteiger partial charge in [0, 0.05) is 0 Å². The predicted octanol–water partition coefficient (Wildman–Crippen LogP) is 1.18. The lowest BCUT2D eigenvalue weighted by molar-refractivity contribution is 0.102. The number of rotatable bonds is 4. The Kier molecular flexibility index (Phi) is 4.33. The summed E-state index contributed by atoms with van der Waals surface area (Å²) in [5.74, 6) is -1.06. The van der Waals surface area contributed by atoms with Crippen molar-refractivity contribution >= 4 is 38.7 Å². The van der Waals surface area contributed by atoms with E-state index in [0.717, 1.165) is 17.6 Å². The van der Waals surface area contributed by atoms with Gasteiger partial charge in [-0.25, -0.2) is 8.42 Å². The lowest BCUT2D eigenvalue weighted by atomic mass is 10.2. The van der Waals surface area contributed by atoms with E-state index >= 15 is 0 Å². The largest absolute Gasteiger partial charge is 0.504 e. The van der Waals surface area contributed by atoms with E-state index < -0.39 is 21.5 Å². The van der Waals surface area contributed by atoms with Crippen LogP contribution in [-0.2, 0) is 9.84 Å². The van der Waals surface area contributed by atoms with Crippen LogP contribution in [0.4, 0.5) is 11.4 Å². The number of carbonyl (C=O) groups excluding carboxylic acids is 1. The van der Waals surface area contributed by atoms with Crippen LogP contribution >= 0.6 is 11.5 Å². The second-order valence-electron chi connectivity index (χ2n) is 4.45. The van der Waals surface area contributed by atoms with Crippen LogP contribution in [0.25, 0.3) is 0 Å². The second-order valence-corrected chi connectivity index (χ2v) is 7.49. The minimum atomic E-state index is -3.52. The molecule has 0 spiro atoms. The Bertz CT molecular complexity index is 830. The maximum Gasteiger partial charge on any atom is 0.269 e. The van der Waals surface area contributed by atoms with Crippen molar-refractivity contribution < 1.29 is 18.3 Å². The highest BCUT2D eigenvalue weighted by Gasteiger charge is 2.20. The fraction of sp³-hybridized carbons (Fsp3) is 0.250. The SMILES string of the molecule is CCS(=O)(=O)c1cc(N)c(O)c(NC(=O)c2snnc2C)c1. The number of benzene rings is 1. The van der Waals surface area contributed by atoms with E-state index in [-0.39, 0.29) is 26.9 Å². The lowest BCUT2D eigenvalue weighted by Gasteiger charge is -2.11. The fourth-order valence-electron chi connectivity index (χ4n) is 1.69. The maximum atomic E-state index is 12.1. The van der Waals surface area contributed by atoms with Gasteiger partial charge in [0.2, 0.25) is 0 Å². The Balaban J connectivity index is 2.43. The molecule has 1 heterocycles. The molecule has 0 bridgehead atoms. The van der Waals surface area contributed by atoms with E-state index in [1.807, 2.05) is 0 Å². The predicted molar refractivity (Wildman–Crippen MR) is 82.8 cm³/mol. The number of nitrogen functional groups attached to an aromatic ring is 1. The van der Waals surface area contributed by atoms with Gasteiger partial charge in [0.05, 0.1) is 27.7 Å². The number of carbonyl (C=O) groups is 1. The van der Waals surface area contributed by atoms with Gasteiger partial charge in [-0.2, -0.15) is 0 Å². The first-order valence-electron chi connectivity index (χ1n) is 6.21. The van der Waals surface area contributed by atoms with E-state index in [9.17, 15) is 18.3 Å². The minimum absolute atomic E-state index is 0.0697. The van der Waals surface area contributed by atoms with Crippen molar-refractivity contribution in [2.45, 2.75) is 18.7 Å². The topological polar surface area (TPSA) is 135 Å². The van der Waals surface area contributed by atoms with Gasteiger partial charge in [-0.05, 0) is 30.6 Å². The number of aromatic nitrogens is 2. The molecule has 0 aliphatic heterocycles. The van der Waals surface area contributed by atoms with Crippen molar-refractivity contribution in [2.24, 2.45) is 0 Å². The van der Waals surface area contributed by atoms with Crippen LogP contribution in [0.15, 0.2) is 17.0 Å². The Morgan fingerprint density at radius 2 is 2.14 bits per heavy atom. The Morgan fingerprint density at radius 3 is 2.68 bits per heavy atom. The van der Waals surface area contributed by atoms with Crippen molar-refractivity contribution in [3.63, 3.8) is 0 Å². The summed E-state index contributed by atoms with van der Waals surface area (Å²) < 4.78 is 27.5. The monoisotopic (exact) mass is 342 g/mol. The van der Waals surface area contributed by atoms with Crippen molar-refractivity contribution in [1.82, 2.24) is 9.59 Å². The normalized spacial score (nSPS) is 11.4. The highest BCUT2D eigenvalue weighted by Crippen LogP contribution is 2.34. The van der Waals surface area contributed by atoms with Crippen LogP contribution in [0.3, 0.4) is 0 Å². The smallest absolute Gasteiger partial charge is 0.269 e. The zero-order chi connectivity index (χ0) is 16.5. The van der Waals surface area contributed by atoms with Crippen LogP contribution in [-0.4, -0.2) is 34.8 Å². The summed E-state index contributed by atoms with van der Waals surface area (Å²) in [7, 11) is -3.52. The average molecular weight is 342 g/mol. The van der Waals surface area contributed by atoms with E-state index in [0.29, 0.717) is 5.69 Å². The number of amides is 1. The zero-order valence-electron chi connectivity index (χ0n) is 11.8. The summed E-state index contributed by atoms with van der Waals surface area (Å²) in [6.07, 6.45) is 0. The van der Waals surface area contributed by atoms with Gasteiger partial charge in [0.1, 0.15) is 4.88 Å². The molecule has 0 unspecified atom stereocenters. The summed E-state index contributed by atoms with van der Waals surface area (Å²) in [4.78, 5) is 12.3. The van der Waals surface area contributed by atoms with Crippen molar-refractivity contribution in [1.29, 1.82) is 0 Å². The molecular formula is C12H14N4O4S2. The molecular weight excluding hydrogens is 328 g/mol. The van der Waals surface area contributed by atoms with Crippen LogP contribution in [0.5, 0.6) is 5.75 Å². The molecule has 118 valence electrons. The molecule has 0 atom stereocenters. The van der Waals surface area contributed by atoms with Crippen LogP contribution in [0, 0.1) is 6.92 Å². The number of sulfone groups is 1. The first kappa shape index (κ1) is 16.2. The quantitative estimate of drug-likeness (QED) is 0.560. The minimum Gasteiger partial charge on any atom is -0.504 e. The molecule has 0 saturated heterocycles. The highest BCUT2D eigenvalue weighted by molar-refractivity contribution is 7.91. The molecule has 1 amide bonds. The number of aryl methyl sites for hydroxylation is 1. The molecule has 2 aromatic rings. The van der Waals surface area contributed by atoms with Crippen LogP contribution in [0.2, 0.25) is 0 Å². The molecule has 8 nitrogen and oxygen atoms in total. The standard InChI is InChI=1S/C12H14N4O4S2/c1-3-22(19,20)7-4-8(13)10(17)9(5-7)14-12(18)11-6(2)15-16-21-11/h4-5,17H,3,13H2,1-2H3,(H,14,18). The number of nitrogens with two attached hydrogens (primary N) is 1. The van der Waals surface area contributed by atoms with Crippen molar-refractivity contribution in [3.8, 4) is 5.75 Å². The average Bonchev–Trinajstić information content (AvgIpc) is 2.89. The molecule has 0 aliphatic carbocycles. The van der Waals surface area contributed by atoms with Gasteiger partial charge < -0.3 is 16.2 Å². The number of hydrogen-bond acceptors (Lipinski definition) is 8. The molecule has 0 radical (unpaired) electrons. The molecule has 2 rings (SSSR count). The third kappa shape index (κ3) is 3.02. The molecule has 0 fully saturated rings. The Hall–Kier alpha value is -2.20. The lowest BCUT2D eigenvalue weighted by Crippen LogP contribution is -2.13. The van der Waals surface area contributed by atoms with E-state index in [1.165, 1.54) is 13.0 Å². The van der Waals surface area contributed by atoms with Crippen LogP contribution in [0.1, 0.15) is 22.3 Å². The van der Waals surface area contributed by atoms with Gasteiger partial charge in [-0.15, -0.1) is 5.10 Å². The fourth-order valence-corrected chi connectivity index (χ4v) is 3.18. The molecule has 4 N–H and O–H groups in total. The molecule has 1 aromatic carbocycles. The number of nitrogens with zero attached hydrogens (tertiary/aromatic N) is 2. The third-order valence-electron chi connectivity index (χ3n) is 2.96. The second kappa shape index (κ2) is 5.89. The third-order valence-corrected chi connectivity index (χ3v) is 5.50. The first-order chi connectivity index (χ1) is 10.3. The van der Waals surface area contributed by atoms with E-state index in [2.05, 4.69) is 14.9 Å². The number of nitrogens with one attached hydrogen (secondary N) is 1. The number of phenolic OH excluding ortho intramolecular Hbond substituents is 1. The zero-order valence-corrected chi connectivity index (χ0v) is 13.5.